The van der Waals surface area contributed by atoms with E-state index >= 15 is 0 Å². The molecule has 2 atom stereocenters. The number of anilines is 1. The summed E-state index contributed by atoms with van der Waals surface area (Å²) >= 11 is 0. The van der Waals surface area contributed by atoms with E-state index in [1.807, 2.05) is 6.92 Å². The smallest absolute Gasteiger partial charge is 0.231 e. The Morgan fingerprint density at radius 2 is 2.45 bits per heavy atom. The second-order valence-corrected chi connectivity index (χ2v) is 5.06. The molecule has 2 rings (SSSR count). The van der Waals surface area contributed by atoms with Gasteiger partial charge in [-0.2, -0.15) is 0 Å². The molecular weight excluding hydrogens is 262 g/mol. The molecule has 0 spiro atoms. The van der Waals surface area contributed by atoms with E-state index < -0.39 is 0 Å². The summed E-state index contributed by atoms with van der Waals surface area (Å²) in [6.07, 6.45) is 0.219. The Balaban J connectivity index is 1.94. The average molecular weight is 281 g/mol. The lowest BCUT2D eigenvalue weighted by atomic mass is 10.1. The third kappa shape index (κ3) is 3.16. The van der Waals surface area contributed by atoms with Crippen LogP contribution in [0.5, 0.6) is 0 Å². The number of hydrogen-bond donors (Lipinski definition) is 1. The van der Waals surface area contributed by atoms with Gasteiger partial charge in [0.1, 0.15) is 5.76 Å². The zero-order chi connectivity index (χ0) is 14.7. The highest BCUT2D eigenvalue weighted by Gasteiger charge is 2.36. The van der Waals surface area contributed by atoms with Crippen molar-refractivity contribution in [3.8, 4) is 0 Å². The largest absolute Gasteiger partial charge is 0.383 e. The van der Waals surface area contributed by atoms with Crippen molar-refractivity contribution in [2.75, 3.05) is 25.6 Å². The topological polar surface area (TPSA) is 84.7 Å². The van der Waals surface area contributed by atoms with Gasteiger partial charge in [-0.3, -0.25) is 9.59 Å². The van der Waals surface area contributed by atoms with E-state index in [2.05, 4.69) is 10.5 Å². The van der Waals surface area contributed by atoms with Gasteiger partial charge in [0.25, 0.3) is 0 Å². The van der Waals surface area contributed by atoms with Crippen molar-refractivity contribution in [1.29, 1.82) is 0 Å². The van der Waals surface area contributed by atoms with Gasteiger partial charge in [0.2, 0.25) is 11.8 Å². The number of nitrogens with one attached hydrogen (secondary N) is 1. The van der Waals surface area contributed by atoms with E-state index in [1.54, 1.807) is 25.0 Å². The average Bonchev–Trinajstić information content (AvgIpc) is 2.96. The number of aromatic nitrogens is 1. The van der Waals surface area contributed by atoms with Gasteiger partial charge in [-0.05, 0) is 13.8 Å². The van der Waals surface area contributed by atoms with Crippen molar-refractivity contribution >= 4 is 17.6 Å². The van der Waals surface area contributed by atoms with Crippen LogP contribution in [0.3, 0.4) is 0 Å². The molecule has 1 fully saturated rings. The van der Waals surface area contributed by atoms with Crippen molar-refractivity contribution in [2.24, 2.45) is 5.92 Å². The molecule has 1 aromatic heterocycles. The number of carbonyl (C=O) groups excluding carboxylic acids is 2. The summed E-state index contributed by atoms with van der Waals surface area (Å²) in [7, 11) is 1.59. The Hall–Kier alpha value is -1.89. The minimum absolute atomic E-state index is 0.0222. The van der Waals surface area contributed by atoms with Crippen LogP contribution in [0.2, 0.25) is 0 Å². The maximum Gasteiger partial charge on any atom is 0.231 e. The fourth-order valence-electron chi connectivity index (χ4n) is 2.32. The number of rotatable bonds is 5. The molecule has 0 aliphatic carbocycles. The lowest BCUT2D eigenvalue weighted by Gasteiger charge is -2.23. The van der Waals surface area contributed by atoms with Gasteiger partial charge < -0.3 is 19.5 Å². The summed E-state index contributed by atoms with van der Waals surface area (Å²) < 4.78 is 9.92. The Morgan fingerprint density at radius 1 is 1.70 bits per heavy atom. The number of ether oxygens (including phenoxy) is 1. The molecule has 0 unspecified atom stereocenters. The van der Waals surface area contributed by atoms with Crippen LogP contribution in [-0.2, 0) is 14.3 Å². The molecule has 0 radical (unpaired) electrons. The third-order valence-electron chi connectivity index (χ3n) is 3.35. The molecule has 0 aromatic carbocycles. The van der Waals surface area contributed by atoms with Crippen LogP contribution in [-0.4, -0.2) is 48.2 Å². The second-order valence-electron chi connectivity index (χ2n) is 5.06. The Bertz CT molecular complexity index is 500. The zero-order valence-electron chi connectivity index (χ0n) is 11.9. The molecular formula is C13H19N3O4. The van der Waals surface area contributed by atoms with Crippen LogP contribution in [0.4, 0.5) is 5.82 Å². The fourth-order valence-corrected chi connectivity index (χ4v) is 2.32. The van der Waals surface area contributed by atoms with Crippen LogP contribution >= 0.6 is 0 Å². The highest BCUT2D eigenvalue weighted by molar-refractivity contribution is 5.96. The monoisotopic (exact) mass is 281 g/mol. The lowest BCUT2D eigenvalue weighted by Crippen LogP contribution is -2.38. The molecule has 1 aromatic rings. The standard InChI is InChI=1S/C13H19N3O4/c1-8(7-19-3)16-6-10(5-12(16)17)13(18)14-11-4-9(2)20-15-11/h4,8,10H,5-7H2,1-3H3,(H,14,15,18)/t8-,10-/m1/s1. The summed E-state index contributed by atoms with van der Waals surface area (Å²) in [6, 6.07) is 1.61. The van der Waals surface area contributed by atoms with Crippen LogP contribution in [0.25, 0.3) is 0 Å². The highest BCUT2D eigenvalue weighted by Crippen LogP contribution is 2.22. The molecule has 2 heterocycles. The van der Waals surface area contributed by atoms with Crippen LogP contribution in [0.1, 0.15) is 19.1 Å². The maximum absolute atomic E-state index is 12.1. The summed E-state index contributed by atoms with van der Waals surface area (Å²) in [6.45, 7) is 4.52. The van der Waals surface area contributed by atoms with Gasteiger partial charge in [0, 0.05) is 26.1 Å². The highest BCUT2D eigenvalue weighted by atomic mass is 16.5. The Morgan fingerprint density at radius 3 is 3.05 bits per heavy atom. The Labute approximate surface area is 117 Å². The number of carbonyl (C=O) groups is 2. The zero-order valence-corrected chi connectivity index (χ0v) is 11.9. The summed E-state index contributed by atoms with van der Waals surface area (Å²) in [4.78, 5) is 25.7. The van der Waals surface area contributed by atoms with Crippen LogP contribution in [0, 0.1) is 12.8 Å². The molecule has 110 valence electrons. The van der Waals surface area contributed by atoms with E-state index in [0.29, 0.717) is 24.7 Å². The normalized spacial score (nSPS) is 20.2. The predicted molar refractivity (Wildman–Crippen MR) is 71.0 cm³/mol. The number of aryl methyl sites for hydroxylation is 1. The molecule has 1 aliphatic heterocycles. The van der Waals surface area contributed by atoms with Gasteiger partial charge >= 0.3 is 0 Å². The van der Waals surface area contributed by atoms with E-state index in [1.165, 1.54) is 0 Å². The predicted octanol–water partition coefficient (Wildman–Crippen LogP) is 0.805. The Kier molecular flexibility index (Phi) is 4.39. The van der Waals surface area contributed by atoms with Crippen molar-refractivity contribution in [3.05, 3.63) is 11.8 Å². The number of methoxy groups -OCH3 is 1. The molecule has 7 heteroatoms. The molecule has 1 aliphatic rings. The molecule has 7 nitrogen and oxygen atoms in total. The maximum atomic E-state index is 12.1. The van der Waals surface area contributed by atoms with E-state index in [0.717, 1.165) is 0 Å². The lowest BCUT2D eigenvalue weighted by molar-refractivity contribution is -0.130. The van der Waals surface area contributed by atoms with Gasteiger partial charge in [0.15, 0.2) is 5.82 Å². The van der Waals surface area contributed by atoms with E-state index in [4.69, 9.17) is 9.26 Å². The number of nitrogens with zero attached hydrogens (tertiary/aromatic N) is 2. The summed E-state index contributed by atoms with van der Waals surface area (Å²) in [5.41, 5.74) is 0. The molecule has 0 saturated carbocycles. The molecule has 1 N–H and O–H groups in total. The number of likely N-dealkylation sites (tertiary alicyclic amines) is 1. The first-order valence-electron chi connectivity index (χ1n) is 6.54. The van der Waals surface area contributed by atoms with Crippen molar-refractivity contribution in [3.63, 3.8) is 0 Å². The first kappa shape index (κ1) is 14.5. The number of hydrogen-bond acceptors (Lipinski definition) is 5. The quantitative estimate of drug-likeness (QED) is 0.863. The molecule has 1 saturated heterocycles. The van der Waals surface area contributed by atoms with Crippen molar-refractivity contribution in [1.82, 2.24) is 10.1 Å². The van der Waals surface area contributed by atoms with Gasteiger partial charge in [-0.25, -0.2) is 0 Å². The minimum atomic E-state index is -0.362. The van der Waals surface area contributed by atoms with Crippen LogP contribution in [0.15, 0.2) is 10.6 Å². The van der Waals surface area contributed by atoms with Gasteiger partial charge in [-0.1, -0.05) is 5.16 Å². The van der Waals surface area contributed by atoms with Crippen molar-refractivity contribution < 1.29 is 18.8 Å². The second kappa shape index (κ2) is 6.04. The first-order chi connectivity index (χ1) is 9.51. The summed E-state index contributed by atoms with van der Waals surface area (Å²) in [5.74, 6) is 0.407. The molecule has 0 bridgehead atoms. The van der Waals surface area contributed by atoms with Gasteiger partial charge in [-0.15, -0.1) is 0 Å². The SMILES string of the molecule is COC[C@@H](C)N1C[C@H](C(=O)Nc2cc(C)on2)CC1=O. The summed E-state index contributed by atoms with van der Waals surface area (Å²) in [5, 5.41) is 6.37. The molecule has 20 heavy (non-hydrogen) atoms. The third-order valence-corrected chi connectivity index (χ3v) is 3.35. The van der Waals surface area contributed by atoms with E-state index in [-0.39, 0.29) is 30.2 Å². The first-order valence-corrected chi connectivity index (χ1v) is 6.54. The van der Waals surface area contributed by atoms with Crippen LogP contribution < -0.4 is 5.32 Å². The molecule has 2 amide bonds. The van der Waals surface area contributed by atoms with Gasteiger partial charge in [0.05, 0.1) is 18.6 Å². The van der Waals surface area contributed by atoms with E-state index in [9.17, 15) is 9.59 Å². The fraction of sp³-hybridized carbons (Fsp3) is 0.615. The number of amides is 2. The van der Waals surface area contributed by atoms with Crippen molar-refractivity contribution in [2.45, 2.75) is 26.3 Å². The minimum Gasteiger partial charge on any atom is -0.383 e.